The molecule has 3 aliphatic heterocycles. The molecule has 24 heavy (non-hydrogen) atoms. The number of amides is 1. The summed E-state index contributed by atoms with van der Waals surface area (Å²) in [6.45, 7) is 5.81. The van der Waals surface area contributed by atoms with Crippen molar-refractivity contribution in [2.24, 2.45) is 4.99 Å². The summed E-state index contributed by atoms with van der Waals surface area (Å²) >= 11 is 1.42. The highest BCUT2D eigenvalue weighted by Gasteiger charge is 2.31. The largest absolute Gasteiger partial charge is 0.454 e. The van der Waals surface area contributed by atoms with Crippen molar-refractivity contribution >= 4 is 28.9 Å². The normalized spacial score (nSPS) is 27.8. The SMILES string of the molecule is CC1CN(C2=NC(=O)C(=Cc3ccc4c(c3)OCO4)S2)CC(C)O1. The van der Waals surface area contributed by atoms with E-state index >= 15 is 0 Å². The Morgan fingerprint density at radius 1 is 1.21 bits per heavy atom. The van der Waals surface area contributed by atoms with Crippen LogP contribution in [0.15, 0.2) is 28.1 Å². The molecule has 6 nitrogen and oxygen atoms in total. The lowest BCUT2D eigenvalue weighted by atomic mass is 10.2. The van der Waals surface area contributed by atoms with Crippen molar-refractivity contribution in [3.8, 4) is 11.5 Å². The minimum atomic E-state index is -0.195. The first-order chi connectivity index (χ1) is 11.6. The van der Waals surface area contributed by atoms with E-state index in [4.69, 9.17) is 14.2 Å². The van der Waals surface area contributed by atoms with Crippen molar-refractivity contribution in [3.05, 3.63) is 28.7 Å². The van der Waals surface area contributed by atoms with Crippen LogP contribution in [-0.2, 0) is 9.53 Å². The first-order valence-electron chi connectivity index (χ1n) is 7.91. The number of thioether (sulfide) groups is 1. The maximum Gasteiger partial charge on any atom is 0.286 e. The number of morpholine rings is 1. The smallest absolute Gasteiger partial charge is 0.286 e. The van der Waals surface area contributed by atoms with E-state index in [1.54, 1.807) is 0 Å². The van der Waals surface area contributed by atoms with Crippen LogP contribution in [0.25, 0.3) is 6.08 Å². The fourth-order valence-electron chi connectivity index (χ4n) is 3.02. The Labute approximate surface area is 144 Å². The minimum Gasteiger partial charge on any atom is -0.454 e. The molecule has 0 saturated carbocycles. The van der Waals surface area contributed by atoms with Gasteiger partial charge in [0.2, 0.25) is 6.79 Å². The van der Waals surface area contributed by atoms with Crippen LogP contribution in [0, 0.1) is 0 Å². The lowest BCUT2D eigenvalue weighted by Gasteiger charge is -2.35. The zero-order valence-electron chi connectivity index (χ0n) is 13.5. The molecule has 0 N–H and O–H groups in total. The van der Waals surface area contributed by atoms with Crippen LogP contribution in [-0.4, -0.2) is 48.1 Å². The number of aliphatic imine (C=N–C) groups is 1. The van der Waals surface area contributed by atoms with Gasteiger partial charge in [-0.05, 0) is 49.4 Å². The van der Waals surface area contributed by atoms with Crippen molar-refractivity contribution in [1.29, 1.82) is 0 Å². The van der Waals surface area contributed by atoms with E-state index < -0.39 is 0 Å². The van der Waals surface area contributed by atoms with Crippen molar-refractivity contribution in [2.45, 2.75) is 26.1 Å². The van der Waals surface area contributed by atoms with Crippen LogP contribution >= 0.6 is 11.8 Å². The van der Waals surface area contributed by atoms with E-state index in [-0.39, 0.29) is 24.9 Å². The Kier molecular flexibility index (Phi) is 3.97. The summed E-state index contributed by atoms with van der Waals surface area (Å²) in [4.78, 5) is 19.2. The fourth-order valence-corrected chi connectivity index (χ4v) is 3.95. The number of hydrogen-bond acceptors (Lipinski definition) is 6. The molecule has 0 spiro atoms. The third kappa shape index (κ3) is 3.01. The van der Waals surface area contributed by atoms with Crippen LogP contribution in [0.3, 0.4) is 0 Å². The van der Waals surface area contributed by atoms with Crippen LogP contribution < -0.4 is 9.47 Å². The number of benzene rings is 1. The Balaban J connectivity index is 1.51. The molecule has 0 aromatic heterocycles. The van der Waals surface area contributed by atoms with Gasteiger partial charge in [0.25, 0.3) is 5.91 Å². The fraction of sp³-hybridized carbons (Fsp3) is 0.412. The lowest BCUT2D eigenvalue weighted by molar-refractivity contribution is -0.113. The van der Waals surface area contributed by atoms with Gasteiger partial charge in [0.15, 0.2) is 16.7 Å². The van der Waals surface area contributed by atoms with E-state index in [1.165, 1.54) is 11.8 Å². The minimum absolute atomic E-state index is 0.133. The molecule has 1 amide bonds. The zero-order chi connectivity index (χ0) is 16.7. The highest BCUT2D eigenvalue weighted by molar-refractivity contribution is 8.18. The van der Waals surface area contributed by atoms with Crippen LogP contribution in [0.2, 0.25) is 0 Å². The molecule has 1 saturated heterocycles. The van der Waals surface area contributed by atoms with Crippen molar-refractivity contribution in [1.82, 2.24) is 4.90 Å². The van der Waals surface area contributed by atoms with Crippen LogP contribution in [0.5, 0.6) is 11.5 Å². The second-order valence-corrected chi connectivity index (χ2v) is 7.09. The van der Waals surface area contributed by atoms with Crippen molar-refractivity contribution < 1.29 is 19.0 Å². The average molecular weight is 346 g/mol. The van der Waals surface area contributed by atoms with Gasteiger partial charge >= 0.3 is 0 Å². The number of carbonyl (C=O) groups is 1. The molecule has 3 heterocycles. The molecule has 2 atom stereocenters. The summed E-state index contributed by atoms with van der Waals surface area (Å²) in [5.74, 6) is 1.24. The second-order valence-electron chi connectivity index (χ2n) is 6.09. The highest BCUT2D eigenvalue weighted by atomic mass is 32.2. The Morgan fingerprint density at radius 2 is 1.96 bits per heavy atom. The summed E-state index contributed by atoms with van der Waals surface area (Å²) < 4.78 is 16.4. The van der Waals surface area contributed by atoms with Gasteiger partial charge in [-0.2, -0.15) is 4.99 Å². The first-order valence-corrected chi connectivity index (χ1v) is 8.73. The predicted octanol–water partition coefficient (Wildman–Crippen LogP) is 2.49. The summed E-state index contributed by atoms with van der Waals surface area (Å²) in [6, 6.07) is 5.64. The number of carbonyl (C=O) groups excluding carboxylic acids is 1. The zero-order valence-corrected chi connectivity index (χ0v) is 14.3. The quantitative estimate of drug-likeness (QED) is 0.728. The number of ether oxygens (including phenoxy) is 3. The number of fused-ring (bicyclic) bond motifs is 1. The van der Waals surface area contributed by atoms with E-state index in [0.717, 1.165) is 29.6 Å². The van der Waals surface area contributed by atoms with Crippen LogP contribution in [0.1, 0.15) is 19.4 Å². The molecule has 1 aromatic rings. The third-order valence-corrected chi connectivity index (χ3v) is 5.04. The van der Waals surface area contributed by atoms with Crippen molar-refractivity contribution in [3.63, 3.8) is 0 Å². The summed E-state index contributed by atoms with van der Waals surface area (Å²) in [7, 11) is 0. The van der Waals surface area contributed by atoms with Gasteiger partial charge in [-0.1, -0.05) is 6.07 Å². The standard InChI is InChI=1S/C17H18N2O4S/c1-10-7-19(8-11(2)23-10)17-18-16(20)15(24-17)6-12-3-4-13-14(5-12)22-9-21-13/h3-6,10-11H,7-9H2,1-2H3. The van der Waals surface area contributed by atoms with Gasteiger partial charge in [0.05, 0.1) is 17.1 Å². The molecule has 0 aliphatic carbocycles. The molecule has 2 unspecified atom stereocenters. The Bertz CT molecular complexity index is 736. The molecule has 1 fully saturated rings. The first kappa shape index (κ1) is 15.5. The van der Waals surface area contributed by atoms with E-state index in [1.807, 2.05) is 38.1 Å². The average Bonchev–Trinajstić information content (AvgIpc) is 3.13. The van der Waals surface area contributed by atoms with Gasteiger partial charge in [-0.15, -0.1) is 0 Å². The maximum absolute atomic E-state index is 12.2. The molecule has 126 valence electrons. The molecule has 7 heteroatoms. The molecular weight excluding hydrogens is 328 g/mol. The van der Waals surface area contributed by atoms with Gasteiger partial charge in [-0.3, -0.25) is 4.79 Å². The molecule has 0 radical (unpaired) electrons. The molecule has 4 rings (SSSR count). The number of rotatable bonds is 1. The summed E-state index contributed by atoms with van der Waals surface area (Å²) in [5.41, 5.74) is 0.898. The molecule has 3 aliphatic rings. The topological polar surface area (TPSA) is 60.4 Å². The number of amidine groups is 1. The van der Waals surface area contributed by atoms with E-state index in [0.29, 0.717) is 10.7 Å². The number of hydrogen-bond donors (Lipinski definition) is 0. The molecule has 1 aromatic carbocycles. The maximum atomic E-state index is 12.2. The lowest BCUT2D eigenvalue weighted by Crippen LogP contribution is -2.47. The van der Waals surface area contributed by atoms with E-state index in [9.17, 15) is 4.79 Å². The van der Waals surface area contributed by atoms with Crippen LogP contribution in [0.4, 0.5) is 0 Å². The second kappa shape index (κ2) is 6.14. The summed E-state index contributed by atoms with van der Waals surface area (Å²) in [5, 5.41) is 0.758. The molecular formula is C17H18N2O4S. The van der Waals surface area contributed by atoms with Gasteiger partial charge in [0, 0.05) is 13.1 Å². The third-order valence-electron chi connectivity index (χ3n) is 3.99. The highest BCUT2D eigenvalue weighted by Crippen LogP contribution is 2.35. The monoisotopic (exact) mass is 346 g/mol. The summed E-state index contributed by atoms with van der Waals surface area (Å²) in [6.07, 6.45) is 2.11. The van der Waals surface area contributed by atoms with Gasteiger partial charge in [0.1, 0.15) is 0 Å². The van der Waals surface area contributed by atoms with Crippen molar-refractivity contribution in [2.75, 3.05) is 19.9 Å². The Morgan fingerprint density at radius 3 is 2.75 bits per heavy atom. The van der Waals surface area contributed by atoms with Gasteiger partial charge in [-0.25, -0.2) is 0 Å². The van der Waals surface area contributed by atoms with E-state index in [2.05, 4.69) is 9.89 Å². The Hall–Kier alpha value is -1.99. The number of nitrogens with zero attached hydrogens (tertiary/aromatic N) is 2. The molecule has 0 bridgehead atoms. The predicted molar refractivity (Wildman–Crippen MR) is 92.2 cm³/mol. The van der Waals surface area contributed by atoms with Gasteiger partial charge < -0.3 is 19.1 Å².